The SMILES string of the molecule is CC(N)CCNC(=O)c1ccc(N2CCCC2=O)cc1.Cl. The van der Waals surface area contributed by atoms with Gasteiger partial charge in [-0.15, -0.1) is 12.4 Å². The van der Waals surface area contributed by atoms with Gasteiger partial charge >= 0.3 is 0 Å². The number of hydrogen-bond acceptors (Lipinski definition) is 3. The third-order valence-corrected chi connectivity index (χ3v) is 3.40. The number of anilines is 1. The summed E-state index contributed by atoms with van der Waals surface area (Å²) in [5.41, 5.74) is 7.09. The minimum atomic E-state index is -0.107. The Morgan fingerprint density at radius 1 is 1.38 bits per heavy atom. The summed E-state index contributed by atoms with van der Waals surface area (Å²) in [4.78, 5) is 25.3. The highest BCUT2D eigenvalue weighted by atomic mass is 35.5. The third kappa shape index (κ3) is 4.72. The van der Waals surface area contributed by atoms with E-state index >= 15 is 0 Å². The fraction of sp³-hybridized carbons (Fsp3) is 0.467. The van der Waals surface area contributed by atoms with E-state index in [0.29, 0.717) is 18.5 Å². The van der Waals surface area contributed by atoms with Gasteiger partial charge in [0.2, 0.25) is 5.91 Å². The molecule has 0 aliphatic carbocycles. The lowest BCUT2D eigenvalue weighted by atomic mass is 10.1. The molecular formula is C15H22ClN3O2. The summed E-state index contributed by atoms with van der Waals surface area (Å²) < 4.78 is 0. The van der Waals surface area contributed by atoms with Crippen molar-refractivity contribution in [3.8, 4) is 0 Å². The van der Waals surface area contributed by atoms with Crippen molar-refractivity contribution in [1.29, 1.82) is 0 Å². The molecule has 0 aromatic heterocycles. The van der Waals surface area contributed by atoms with Gasteiger partial charge in [0.25, 0.3) is 5.91 Å². The zero-order chi connectivity index (χ0) is 14.5. The predicted molar refractivity (Wildman–Crippen MR) is 85.9 cm³/mol. The van der Waals surface area contributed by atoms with Crippen molar-refractivity contribution in [2.75, 3.05) is 18.0 Å². The molecule has 21 heavy (non-hydrogen) atoms. The van der Waals surface area contributed by atoms with E-state index in [1.165, 1.54) is 0 Å². The number of nitrogens with two attached hydrogens (primary N) is 1. The van der Waals surface area contributed by atoms with Crippen LogP contribution in [0.2, 0.25) is 0 Å². The molecule has 3 N–H and O–H groups in total. The highest BCUT2D eigenvalue weighted by molar-refractivity contribution is 5.97. The van der Waals surface area contributed by atoms with Gasteiger partial charge in [0.15, 0.2) is 0 Å². The number of halogens is 1. The molecular weight excluding hydrogens is 290 g/mol. The van der Waals surface area contributed by atoms with Crippen LogP contribution in [0.4, 0.5) is 5.69 Å². The van der Waals surface area contributed by atoms with Crippen molar-refractivity contribution < 1.29 is 9.59 Å². The second-order valence-corrected chi connectivity index (χ2v) is 5.22. The van der Waals surface area contributed by atoms with Crippen molar-refractivity contribution in [2.45, 2.75) is 32.2 Å². The van der Waals surface area contributed by atoms with E-state index < -0.39 is 0 Å². The van der Waals surface area contributed by atoms with Crippen LogP contribution < -0.4 is 16.0 Å². The molecule has 1 aliphatic heterocycles. The van der Waals surface area contributed by atoms with E-state index in [4.69, 9.17) is 5.73 Å². The van der Waals surface area contributed by atoms with Crippen LogP contribution >= 0.6 is 12.4 Å². The monoisotopic (exact) mass is 311 g/mol. The van der Waals surface area contributed by atoms with Crippen molar-refractivity contribution in [2.24, 2.45) is 5.73 Å². The normalized spacial score (nSPS) is 15.5. The first-order valence-electron chi connectivity index (χ1n) is 7.02. The molecule has 5 nitrogen and oxygen atoms in total. The Balaban J connectivity index is 0.00000220. The molecule has 1 fully saturated rings. The summed E-state index contributed by atoms with van der Waals surface area (Å²) in [7, 11) is 0. The van der Waals surface area contributed by atoms with E-state index in [9.17, 15) is 9.59 Å². The summed E-state index contributed by atoms with van der Waals surface area (Å²) in [6, 6.07) is 7.23. The quantitative estimate of drug-likeness (QED) is 0.869. The number of carbonyl (C=O) groups is 2. The molecule has 0 bridgehead atoms. The first kappa shape index (κ1) is 17.5. The molecule has 1 atom stereocenters. The summed E-state index contributed by atoms with van der Waals surface area (Å²) in [5.74, 6) is 0.0454. The fourth-order valence-corrected chi connectivity index (χ4v) is 2.23. The average molecular weight is 312 g/mol. The van der Waals surface area contributed by atoms with E-state index in [2.05, 4.69) is 5.32 Å². The highest BCUT2D eigenvalue weighted by Crippen LogP contribution is 2.21. The second-order valence-electron chi connectivity index (χ2n) is 5.22. The molecule has 0 spiro atoms. The fourth-order valence-electron chi connectivity index (χ4n) is 2.23. The predicted octanol–water partition coefficient (Wildman–Crippen LogP) is 1.70. The third-order valence-electron chi connectivity index (χ3n) is 3.40. The molecule has 2 amide bonds. The zero-order valence-corrected chi connectivity index (χ0v) is 13.0. The number of amides is 2. The Morgan fingerprint density at radius 2 is 2.05 bits per heavy atom. The summed E-state index contributed by atoms with van der Waals surface area (Å²) >= 11 is 0. The van der Waals surface area contributed by atoms with Gasteiger partial charge in [0, 0.05) is 36.8 Å². The molecule has 1 unspecified atom stereocenters. The van der Waals surface area contributed by atoms with Crippen LogP contribution in [-0.4, -0.2) is 30.9 Å². The molecule has 0 radical (unpaired) electrons. The lowest BCUT2D eigenvalue weighted by Crippen LogP contribution is -2.29. The first-order chi connectivity index (χ1) is 9.58. The van der Waals surface area contributed by atoms with Crippen molar-refractivity contribution >= 4 is 29.9 Å². The van der Waals surface area contributed by atoms with E-state index in [1.54, 1.807) is 17.0 Å². The highest BCUT2D eigenvalue weighted by Gasteiger charge is 2.21. The molecule has 1 aromatic rings. The van der Waals surface area contributed by atoms with Crippen LogP contribution in [0.15, 0.2) is 24.3 Å². The summed E-state index contributed by atoms with van der Waals surface area (Å²) in [6.07, 6.45) is 2.27. The minimum Gasteiger partial charge on any atom is -0.352 e. The molecule has 6 heteroatoms. The maximum absolute atomic E-state index is 11.9. The molecule has 1 heterocycles. The zero-order valence-electron chi connectivity index (χ0n) is 12.2. The van der Waals surface area contributed by atoms with Gasteiger partial charge in [-0.1, -0.05) is 0 Å². The molecule has 116 valence electrons. The number of benzene rings is 1. The number of nitrogens with zero attached hydrogens (tertiary/aromatic N) is 1. The number of nitrogens with one attached hydrogen (secondary N) is 1. The van der Waals surface area contributed by atoms with Crippen LogP contribution in [0.1, 0.15) is 36.5 Å². The van der Waals surface area contributed by atoms with E-state index in [1.807, 2.05) is 19.1 Å². The van der Waals surface area contributed by atoms with Crippen molar-refractivity contribution in [3.05, 3.63) is 29.8 Å². The number of rotatable bonds is 5. The molecule has 1 saturated heterocycles. The summed E-state index contributed by atoms with van der Waals surface area (Å²) in [6.45, 7) is 3.25. The van der Waals surface area contributed by atoms with Gasteiger partial charge in [-0.2, -0.15) is 0 Å². The number of hydrogen-bond donors (Lipinski definition) is 2. The standard InChI is InChI=1S/C15H21N3O2.ClH/c1-11(16)8-9-17-15(20)12-4-6-13(7-5-12)18-10-2-3-14(18)19;/h4-7,11H,2-3,8-10,16H2,1H3,(H,17,20);1H. The van der Waals surface area contributed by atoms with Crippen LogP contribution in [0.25, 0.3) is 0 Å². The Hall–Kier alpha value is -1.59. The van der Waals surface area contributed by atoms with Gasteiger partial charge in [0.05, 0.1) is 0 Å². The maximum atomic E-state index is 11.9. The lowest BCUT2D eigenvalue weighted by molar-refractivity contribution is -0.117. The summed E-state index contributed by atoms with van der Waals surface area (Å²) in [5, 5.41) is 2.83. The molecule has 1 aromatic carbocycles. The Kier molecular flexibility index (Phi) is 6.65. The van der Waals surface area contributed by atoms with Gasteiger partial charge in [-0.05, 0) is 44.0 Å². The van der Waals surface area contributed by atoms with Crippen LogP contribution in [0, 0.1) is 0 Å². The smallest absolute Gasteiger partial charge is 0.251 e. The van der Waals surface area contributed by atoms with E-state index in [-0.39, 0.29) is 30.3 Å². The largest absolute Gasteiger partial charge is 0.352 e. The molecule has 2 rings (SSSR count). The van der Waals surface area contributed by atoms with Gasteiger partial charge in [-0.3, -0.25) is 9.59 Å². The first-order valence-corrected chi connectivity index (χ1v) is 7.02. The van der Waals surface area contributed by atoms with Crippen molar-refractivity contribution in [3.63, 3.8) is 0 Å². The second kappa shape index (κ2) is 8.00. The van der Waals surface area contributed by atoms with Crippen LogP contribution in [-0.2, 0) is 4.79 Å². The number of carbonyl (C=O) groups excluding carboxylic acids is 2. The average Bonchev–Trinajstić information content (AvgIpc) is 2.84. The van der Waals surface area contributed by atoms with Crippen molar-refractivity contribution in [1.82, 2.24) is 5.32 Å². The molecule has 1 aliphatic rings. The van der Waals surface area contributed by atoms with E-state index in [0.717, 1.165) is 25.1 Å². The van der Waals surface area contributed by atoms with Gasteiger partial charge in [-0.25, -0.2) is 0 Å². The van der Waals surface area contributed by atoms with Crippen LogP contribution in [0.5, 0.6) is 0 Å². The Morgan fingerprint density at radius 3 is 2.57 bits per heavy atom. The maximum Gasteiger partial charge on any atom is 0.251 e. The van der Waals surface area contributed by atoms with Crippen LogP contribution in [0.3, 0.4) is 0 Å². The Bertz CT molecular complexity index is 488. The Labute approximate surface area is 131 Å². The molecule has 0 saturated carbocycles. The van der Waals surface area contributed by atoms with Gasteiger partial charge < -0.3 is 16.0 Å². The minimum absolute atomic E-state index is 0. The van der Waals surface area contributed by atoms with Gasteiger partial charge in [0.1, 0.15) is 0 Å². The lowest BCUT2D eigenvalue weighted by Gasteiger charge is -2.15. The topological polar surface area (TPSA) is 75.4 Å².